The normalized spacial score (nSPS) is 15.2. The van der Waals surface area contributed by atoms with Crippen LogP contribution in [0.5, 0.6) is 0 Å². The van der Waals surface area contributed by atoms with E-state index in [4.69, 9.17) is 0 Å². The van der Waals surface area contributed by atoms with Gasteiger partial charge in [0.05, 0.1) is 12.0 Å². The van der Waals surface area contributed by atoms with E-state index in [2.05, 4.69) is 9.97 Å². The molecular formula is C8H5FN2O2. The Bertz CT molecular complexity index is 461. The predicted molar refractivity (Wildman–Crippen MR) is 42.1 cm³/mol. The molecular weight excluding hydrogens is 175 g/mol. The first-order valence-corrected chi connectivity index (χ1v) is 3.67. The van der Waals surface area contributed by atoms with E-state index in [1.807, 2.05) is 0 Å². The van der Waals surface area contributed by atoms with E-state index in [0.29, 0.717) is 5.69 Å². The average molecular weight is 180 g/mol. The Balaban J connectivity index is 2.71. The minimum absolute atomic E-state index is 0.178. The minimum atomic E-state index is -0.883. The number of ketones is 1. The van der Waals surface area contributed by atoms with E-state index < -0.39 is 17.2 Å². The van der Waals surface area contributed by atoms with Gasteiger partial charge in [0.25, 0.3) is 5.56 Å². The van der Waals surface area contributed by atoms with Crippen LogP contribution in [0.15, 0.2) is 23.0 Å². The van der Waals surface area contributed by atoms with Gasteiger partial charge >= 0.3 is 0 Å². The Morgan fingerprint density at radius 1 is 1.46 bits per heavy atom. The maximum atomic E-state index is 12.8. The molecule has 0 radical (unpaired) electrons. The molecule has 0 atom stereocenters. The summed E-state index contributed by atoms with van der Waals surface area (Å²) in [6.45, 7) is 0. The van der Waals surface area contributed by atoms with Crippen molar-refractivity contribution < 1.29 is 9.18 Å². The molecule has 0 amide bonds. The van der Waals surface area contributed by atoms with Gasteiger partial charge in [-0.25, -0.2) is 9.37 Å². The first-order valence-electron chi connectivity index (χ1n) is 3.67. The number of aromatic amines is 1. The lowest BCUT2D eigenvalue weighted by Crippen LogP contribution is -2.24. The zero-order valence-corrected chi connectivity index (χ0v) is 6.50. The molecule has 5 heteroatoms. The van der Waals surface area contributed by atoms with Crippen LogP contribution in [0.3, 0.4) is 0 Å². The van der Waals surface area contributed by atoms with E-state index in [1.54, 1.807) is 0 Å². The number of nitrogens with zero attached hydrogens (tertiary/aromatic N) is 1. The summed E-state index contributed by atoms with van der Waals surface area (Å²) in [5.41, 5.74) is -0.434. The number of allylic oxidation sites excluding steroid dienone is 2. The highest BCUT2D eigenvalue weighted by Crippen LogP contribution is 2.15. The first kappa shape index (κ1) is 7.85. The van der Waals surface area contributed by atoms with Crippen molar-refractivity contribution in [2.75, 3.05) is 0 Å². The van der Waals surface area contributed by atoms with Crippen LogP contribution in [-0.4, -0.2) is 15.8 Å². The van der Waals surface area contributed by atoms with E-state index in [-0.39, 0.29) is 12.0 Å². The molecule has 4 nitrogen and oxygen atoms in total. The van der Waals surface area contributed by atoms with Crippen LogP contribution in [0.25, 0.3) is 0 Å². The Hall–Kier alpha value is -1.78. The minimum Gasteiger partial charge on any atom is -0.313 e. The number of carbonyl (C=O) groups excluding carboxylic acids is 1. The van der Waals surface area contributed by atoms with E-state index in [0.717, 1.165) is 6.08 Å². The predicted octanol–water partition coefficient (Wildman–Crippen LogP) is 0.362. The van der Waals surface area contributed by atoms with Crippen LogP contribution in [0.1, 0.15) is 16.1 Å². The van der Waals surface area contributed by atoms with Gasteiger partial charge in [-0.15, -0.1) is 0 Å². The Kier molecular flexibility index (Phi) is 1.58. The van der Waals surface area contributed by atoms with Crippen molar-refractivity contribution in [3.63, 3.8) is 0 Å². The molecule has 0 unspecified atom stereocenters. The van der Waals surface area contributed by atoms with E-state index >= 15 is 0 Å². The number of hydrogen-bond acceptors (Lipinski definition) is 3. The second kappa shape index (κ2) is 2.62. The van der Waals surface area contributed by atoms with Gasteiger partial charge in [0.15, 0.2) is 5.83 Å². The second-order valence-corrected chi connectivity index (χ2v) is 2.64. The van der Waals surface area contributed by atoms with Crippen molar-refractivity contribution in [1.82, 2.24) is 9.97 Å². The average Bonchev–Trinajstić information content (AvgIpc) is 2.12. The molecule has 0 spiro atoms. The third-order valence-electron chi connectivity index (χ3n) is 1.85. The van der Waals surface area contributed by atoms with Crippen molar-refractivity contribution in [3.05, 3.63) is 39.8 Å². The molecule has 0 aromatic carbocycles. The molecule has 13 heavy (non-hydrogen) atoms. The molecule has 1 heterocycles. The molecule has 2 rings (SSSR count). The zero-order valence-electron chi connectivity index (χ0n) is 6.50. The Morgan fingerprint density at radius 2 is 2.23 bits per heavy atom. The van der Waals surface area contributed by atoms with Crippen LogP contribution >= 0.6 is 0 Å². The number of Topliss-reactive ketones (excluding diaryl/α,β-unsaturated/α-hetero) is 1. The Labute approximate surface area is 72.1 Å². The number of rotatable bonds is 0. The van der Waals surface area contributed by atoms with E-state index in [1.165, 1.54) is 6.33 Å². The van der Waals surface area contributed by atoms with Gasteiger partial charge in [-0.2, -0.15) is 0 Å². The second-order valence-electron chi connectivity index (χ2n) is 2.64. The monoisotopic (exact) mass is 180 g/mol. The van der Waals surface area contributed by atoms with Crippen LogP contribution in [-0.2, 0) is 6.42 Å². The molecule has 0 bridgehead atoms. The van der Waals surface area contributed by atoms with Crippen LogP contribution in [0.4, 0.5) is 4.39 Å². The van der Waals surface area contributed by atoms with Gasteiger partial charge in [-0.05, 0) is 6.08 Å². The smallest absolute Gasteiger partial charge is 0.262 e. The fourth-order valence-electron chi connectivity index (χ4n) is 1.22. The van der Waals surface area contributed by atoms with Crippen molar-refractivity contribution in [2.24, 2.45) is 0 Å². The fourth-order valence-corrected chi connectivity index (χ4v) is 1.22. The molecule has 1 aromatic heterocycles. The van der Waals surface area contributed by atoms with Crippen molar-refractivity contribution in [1.29, 1.82) is 0 Å². The van der Waals surface area contributed by atoms with Crippen LogP contribution in [0.2, 0.25) is 0 Å². The quantitative estimate of drug-likeness (QED) is 0.627. The molecule has 66 valence electrons. The summed E-state index contributed by atoms with van der Waals surface area (Å²) in [6, 6.07) is 0. The summed E-state index contributed by atoms with van der Waals surface area (Å²) in [4.78, 5) is 28.2. The number of nitrogens with one attached hydrogen (secondary N) is 1. The molecule has 0 saturated carbocycles. The van der Waals surface area contributed by atoms with Crippen molar-refractivity contribution in [2.45, 2.75) is 6.42 Å². The lowest BCUT2D eigenvalue weighted by Gasteiger charge is -2.07. The molecule has 1 aromatic rings. The molecule has 0 aliphatic heterocycles. The third-order valence-corrected chi connectivity index (χ3v) is 1.85. The van der Waals surface area contributed by atoms with Crippen molar-refractivity contribution >= 4 is 5.78 Å². The number of H-pyrrole nitrogens is 1. The first-order chi connectivity index (χ1) is 6.20. The zero-order chi connectivity index (χ0) is 9.42. The standard InChI is InChI=1S/C8H5FN2O2/c9-4-1-2-5-6(7(4)12)8(13)11-3-10-5/h1,3H,2H2,(H,10,11,13). The van der Waals surface area contributed by atoms with Crippen LogP contribution < -0.4 is 5.56 Å². The van der Waals surface area contributed by atoms with Gasteiger partial charge in [0.2, 0.25) is 5.78 Å². The number of halogens is 1. The van der Waals surface area contributed by atoms with Gasteiger partial charge in [-0.1, -0.05) is 0 Å². The Morgan fingerprint density at radius 3 is 3.00 bits per heavy atom. The number of hydrogen-bond donors (Lipinski definition) is 1. The summed E-state index contributed by atoms with van der Waals surface area (Å²) in [5.74, 6) is -1.76. The van der Waals surface area contributed by atoms with Gasteiger partial charge in [-0.3, -0.25) is 9.59 Å². The fraction of sp³-hybridized carbons (Fsp3) is 0.125. The molecule has 0 fully saturated rings. The highest BCUT2D eigenvalue weighted by atomic mass is 19.1. The number of fused-ring (bicyclic) bond motifs is 1. The lowest BCUT2D eigenvalue weighted by atomic mass is 10.0. The maximum Gasteiger partial charge on any atom is 0.262 e. The summed E-state index contributed by atoms with van der Waals surface area (Å²) in [7, 11) is 0. The highest BCUT2D eigenvalue weighted by molar-refractivity contribution is 6.08. The van der Waals surface area contributed by atoms with Gasteiger partial charge in [0.1, 0.15) is 5.56 Å². The topological polar surface area (TPSA) is 62.8 Å². The molecule has 1 N–H and O–H groups in total. The summed E-state index contributed by atoms with van der Waals surface area (Å²) in [5, 5.41) is 0. The molecule has 1 aliphatic rings. The summed E-state index contributed by atoms with van der Waals surface area (Å²) in [6.07, 6.45) is 2.51. The van der Waals surface area contributed by atoms with E-state index in [9.17, 15) is 14.0 Å². The lowest BCUT2D eigenvalue weighted by molar-refractivity contribution is 0.0998. The number of carbonyl (C=O) groups is 1. The molecule has 1 aliphatic carbocycles. The summed E-state index contributed by atoms with van der Waals surface area (Å²) < 4.78 is 12.8. The maximum absolute atomic E-state index is 12.8. The SMILES string of the molecule is O=C1C(F)=CCc2nc[nH]c(=O)c21. The number of aromatic nitrogens is 2. The molecule has 0 saturated heterocycles. The van der Waals surface area contributed by atoms with Gasteiger partial charge in [0, 0.05) is 6.42 Å². The third kappa shape index (κ3) is 1.09. The highest BCUT2D eigenvalue weighted by Gasteiger charge is 2.24. The van der Waals surface area contributed by atoms with Crippen LogP contribution in [0, 0.1) is 0 Å². The van der Waals surface area contributed by atoms with Crippen molar-refractivity contribution in [3.8, 4) is 0 Å². The largest absolute Gasteiger partial charge is 0.313 e. The van der Waals surface area contributed by atoms with Gasteiger partial charge < -0.3 is 4.98 Å². The summed E-state index contributed by atoms with van der Waals surface area (Å²) >= 11 is 0.